The van der Waals surface area contributed by atoms with E-state index in [1.54, 1.807) is 12.3 Å². The molecule has 4 heteroatoms. The third-order valence-corrected chi connectivity index (χ3v) is 1.52. The first-order chi connectivity index (χ1) is 5.27. The van der Waals surface area contributed by atoms with E-state index >= 15 is 0 Å². The number of nitrogens with two attached hydrogens (primary N) is 1. The monoisotopic (exact) mass is 151 g/mol. The van der Waals surface area contributed by atoms with Gasteiger partial charge in [0.2, 0.25) is 5.95 Å². The number of fused-ring (bicyclic) bond motifs is 1. The number of pyridine rings is 1. The number of nitrogens with zero attached hydrogens (tertiary/aromatic N) is 2. The van der Waals surface area contributed by atoms with E-state index < -0.39 is 0 Å². The maximum atomic E-state index is 12.6. The molecule has 2 heterocycles. The average Bonchev–Trinajstić information content (AvgIpc) is 2.33. The molecule has 0 aliphatic heterocycles. The predicted octanol–water partition coefficient (Wildman–Crippen LogP) is 1.06. The van der Waals surface area contributed by atoms with Gasteiger partial charge in [-0.05, 0) is 12.1 Å². The first-order valence-electron chi connectivity index (χ1n) is 3.15. The van der Waals surface area contributed by atoms with E-state index in [2.05, 4.69) is 4.98 Å². The molecule has 2 aromatic heterocycles. The molecule has 2 rings (SSSR count). The number of nitrogen functional groups attached to an aromatic ring is 1. The van der Waals surface area contributed by atoms with Gasteiger partial charge in [-0.25, -0.2) is 9.37 Å². The van der Waals surface area contributed by atoms with Crippen molar-refractivity contribution in [3.63, 3.8) is 0 Å². The molecule has 0 saturated heterocycles. The van der Waals surface area contributed by atoms with Crippen LogP contribution in [0.25, 0.3) is 5.52 Å². The van der Waals surface area contributed by atoms with Crippen LogP contribution in [0, 0.1) is 5.82 Å². The van der Waals surface area contributed by atoms with Crippen LogP contribution in [-0.4, -0.2) is 9.38 Å². The molecule has 0 radical (unpaired) electrons. The maximum absolute atomic E-state index is 12.6. The van der Waals surface area contributed by atoms with Gasteiger partial charge in [0.15, 0.2) is 0 Å². The molecule has 3 nitrogen and oxygen atoms in total. The SMILES string of the molecule is Nc1ncc2ccc(F)cn12. The van der Waals surface area contributed by atoms with Gasteiger partial charge in [-0.1, -0.05) is 0 Å². The fourth-order valence-corrected chi connectivity index (χ4v) is 0.984. The summed E-state index contributed by atoms with van der Waals surface area (Å²) in [7, 11) is 0. The van der Waals surface area contributed by atoms with Crippen LogP contribution < -0.4 is 5.73 Å². The predicted molar refractivity (Wildman–Crippen MR) is 39.6 cm³/mol. The van der Waals surface area contributed by atoms with Crippen LogP contribution in [0.5, 0.6) is 0 Å². The number of hydrogen-bond donors (Lipinski definition) is 1. The normalized spacial score (nSPS) is 10.6. The molecule has 2 aromatic rings. The molecule has 11 heavy (non-hydrogen) atoms. The van der Waals surface area contributed by atoms with Crippen molar-refractivity contribution < 1.29 is 4.39 Å². The second kappa shape index (κ2) is 1.95. The van der Waals surface area contributed by atoms with Crippen LogP contribution in [0.15, 0.2) is 24.5 Å². The molecule has 56 valence electrons. The van der Waals surface area contributed by atoms with Crippen molar-refractivity contribution in [2.75, 3.05) is 5.73 Å². The van der Waals surface area contributed by atoms with Crippen LogP contribution >= 0.6 is 0 Å². The summed E-state index contributed by atoms with van der Waals surface area (Å²) in [6.45, 7) is 0. The highest BCUT2D eigenvalue weighted by Gasteiger charge is 1.98. The minimum atomic E-state index is -0.317. The van der Waals surface area contributed by atoms with Gasteiger partial charge in [-0.15, -0.1) is 0 Å². The molecule has 0 saturated carbocycles. The fourth-order valence-electron chi connectivity index (χ4n) is 0.984. The van der Waals surface area contributed by atoms with Crippen LogP contribution in [0.1, 0.15) is 0 Å². The van der Waals surface area contributed by atoms with Crippen molar-refractivity contribution in [2.24, 2.45) is 0 Å². The molecule has 0 spiro atoms. The first kappa shape index (κ1) is 6.15. The molecule has 0 aliphatic rings. The molecule has 0 fully saturated rings. The minimum absolute atomic E-state index is 0.305. The molecule has 0 aromatic carbocycles. The number of anilines is 1. The molecule has 0 amide bonds. The van der Waals surface area contributed by atoms with Gasteiger partial charge in [0, 0.05) is 6.20 Å². The largest absolute Gasteiger partial charge is 0.369 e. The lowest BCUT2D eigenvalue weighted by molar-refractivity contribution is 0.620. The lowest BCUT2D eigenvalue weighted by Crippen LogP contribution is -1.94. The van der Waals surface area contributed by atoms with Crippen molar-refractivity contribution >= 4 is 11.5 Å². The second-order valence-electron chi connectivity index (χ2n) is 2.26. The third-order valence-electron chi connectivity index (χ3n) is 1.52. The molecule has 0 aliphatic carbocycles. The van der Waals surface area contributed by atoms with E-state index in [4.69, 9.17) is 5.73 Å². The van der Waals surface area contributed by atoms with Crippen molar-refractivity contribution in [1.82, 2.24) is 9.38 Å². The summed E-state index contributed by atoms with van der Waals surface area (Å²) >= 11 is 0. The Kier molecular flexibility index (Phi) is 1.09. The van der Waals surface area contributed by atoms with Gasteiger partial charge in [0.25, 0.3) is 0 Å². The van der Waals surface area contributed by atoms with E-state index in [1.165, 1.54) is 16.7 Å². The average molecular weight is 151 g/mol. The van der Waals surface area contributed by atoms with Gasteiger partial charge in [0.05, 0.1) is 11.7 Å². The Morgan fingerprint density at radius 3 is 3.09 bits per heavy atom. The fraction of sp³-hybridized carbons (Fsp3) is 0. The first-order valence-corrected chi connectivity index (χ1v) is 3.15. The molecule has 0 bridgehead atoms. The highest BCUT2D eigenvalue weighted by atomic mass is 19.1. The van der Waals surface area contributed by atoms with Crippen molar-refractivity contribution in [3.05, 3.63) is 30.3 Å². The Balaban J connectivity index is 2.87. The van der Waals surface area contributed by atoms with Gasteiger partial charge < -0.3 is 5.73 Å². The topological polar surface area (TPSA) is 43.3 Å². The highest BCUT2D eigenvalue weighted by Crippen LogP contribution is 2.08. The Morgan fingerprint density at radius 2 is 2.27 bits per heavy atom. The zero-order valence-corrected chi connectivity index (χ0v) is 5.66. The number of imidazole rings is 1. The zero-order valence-electron chi connectivity index (χ0n) is 5.66. The molecule has 0 unspecified atom stereocenters. The third kappa shape index (κ3) is 0.832. The van der Waals surface area contributed by atoms with Crippen LogP contribution in [-0.2, 0) is 0 Å². The molecular weight excluding hydrogens is 145 g/mol. The summed E-state index contributed by atoms with van der Waals surface area (Å²) in [5.74, 6) is -0.0123. The maximum Gasteiger partial charge on any atom is 0.204 e. The van der Waals surface area contributed by atoms with E-state index in [-0.39, 0.29) is 5.82 Å². The number of aromatic nitrogens is 2. The van der Waals surface area contributed by atoms with Crippen molar-refractivity contribution in [3.8, 4) is 0 Å². The Hall–Kier alpha value is -1.58. The molecule has 0 atom stereocenters. The van der Waals surface area contributed by atoms with Crippen molar-refractivity contribution in [1.29, 1.82) is 0 Å². The van der Waals surface area contributed by atoms with Gasteiger partial charge >= 0.3 is 0 Å². The quantitative estimate of drug-likeness (QED) is 0.611. The highest BCUT2D eigenvalue weighted by molar-refractivity contribution is 5.50. The number of rotatable bonds is 0. The van der Waals surface area contributed by atoms with Crippen molar-refractivity contribution in [2.45, 2.75) is 0 Å². The molecular formula is C7H6FN3. The lowest BCUT2D eigenvalue weighted by atomic mass is 10.4. The van der Waals surface area contributed by atoms with Gasteiger partial charge in [-0.2, -0.15) is 0 Å². The number of hydrogen-bond acceptors (Lipinski definition) is 2. The Labute approximate surface area is 62.3 Å². The second-order valence-corrected chi connectivity index (χ2v) is 2.26. The van der Waals surface area contributed by atoms with Crippen LogP contribution in [0.2, 0.25) is 0 Å². The van der Waals surface area contributed by atoms with E-state index in [9.17, 15) is 4.39 Å². The molecule has 2 N–H and O–H groups in total. The van der Waals surface area contributed by atoms with Crippen LogP contribution in [0.4, 0.5) is 10.3 Å². The van der Waals surface area contributed by atoms with Crippen LogP contribution in [0.3, 0.4) is 0 Å². The van der Waals surface area contributed by atoms with E-state index in [1.807, 2.05) is 0 Å². The van der Waals surface area contributed by atoms with Gasteiger partial charge in [-0.3, -0.25) is 4.40 Å². The summed E-state index contributed by atoms with van der Waals surface area (Å²) in [6, 6.07) is 3.00. The summed E-state index contributed by atoms with van der Waals surface area (Å²) in [5, 5.41) is 0. The van der Waals surface area contributed by atoms with Gasteiger partial charge in [0.1, 0.15) is 5.82 Å². The zero-order chi connectivity index (χ0) is 7.84. The summed E-state index contributed by atoms with van der Waals surface area (Å²) in [5.41, 5.74) is 6.23. The Morgan fingerprint density at radius 1 is 1.45 bits per heavy atom. The summed E-state index contributed by atoms with van der Waals surface area (Å²) in [6.07, 6.45) is 2.90. The smallest absolute Gasteiger partial charge is 0.204 e. The summed E-state index contributed by atoms with van der Waals surface area (Å²) < 4.78 is 14.1. The minimum Gasteiger partial charge on any atom is -0.369 e. The standard InChI is InChI=1S/C7H6FN3/c8-5-1-2-6-3-10-7(9)11(6)4-5/h1-4H,(H2,9,10). The lowest BCUT2D eigenvalue weighted by Gasteiger charge is -1.94. The summed E-state index contributed by atoms with van der Waals surface area (Å²) in [4.78, 5) is 3.81. The number of halogens is 1. The van der Waals surface area contributed by atoms with E-state index in [0.29, 0.717) is 5.95 Å². The van der Waals surface area contributed by atoms with E-state index in [0.717, 1.165) is 5.52 Å². The Bertz CT molecular complexity index is 393.